The lowest BCUT2D eigenvalue weighted by Gasteiger charge is -2.08. The Hall–Kier alpha value is -1.35. The fourth-order valence-corrected chi connectivity index (χ4v) is 2.38. The van der Waals surface area contributed by atoms with Crippen molar-refractivity contribution in [1.82, 2.24) is 4.57 Å². The van der Waals surface area contributed by atoms with Crippen molar-refractivity contribution in [2.75, 3.05) is 0 Å². The van der Waals surface area contributed by atoms with E-state index in [0.29, 0.717) is 12.5 Å². The summed E-state index contributed by atoms with van der Waals surface area (Å²) in [6, 6.07) is 4.92. The molecule has 0 aliphatic rings. The van der Waals surface area contributed by atoms with Crippen LogP contribution in [0.2, 0.25) is 0 Å². The lowest BCUT2D eigenvalue weighted by Crippen LogP contribution is -2.06. The van der Waals surface area contributed by atoms with Gasteiger partial charge in [0.15, 0.2) is 0 Å². The minimum Gasteiger partial charge on any atom is -0.346 e. The van der Waals surface area contributed by atoms with Gasteiger partial charge >= 0.3 is 0 Å². The Bertz CT molecular complexity index is 526. The number of aryl methyl sites for hydroxylation is 1. The molecule has 0 fully saturated rings. The Balaban J connectivity index is 2.86. The third kappa shape index (κ3) is 1.52. The molecule has 1 aromatic heterocycles. The Kier molecular flexibility index (Phi) is 2.72. The van der Waals surface area contributed by atoms with E-state index in [0.717, 1.165) is 16.6 Å². The molecule has 2 aromatic rings. The summed E-state index contributed by atoms with van der Waals surface area (Å²) in [6.45, 7) is 4.76. The van der Waals surface area contributed by atoms with Gasteiger partial charge < -0.3 is 10.3 Å². The number of aromatic nitrogens is 1. The van der Waals surface area contributed by atoms with E-state index in [2.05, 4.69) is 13.8 Å². The van der Waals surface area contributed by atoms with Gasteiger partial charge in [0.1, 0.15) is 5.82 Å². The molecule has 0 bridgehead atoms. The van der Waals surface area contributed by atoms with Crippen LogP contribution in [0.4, 0.5) is 4.39 Å². The molecule has 86 valence electrons. The van der Waals surface area contributed by atoms with Crippen molar-refractivity contribution in [2.45, 2.75) is 26.3 Å². The zero-order valence-electron chi connectivity index (χ0n) is 9.92. The van der Waals surface area contributed by atoms with Gasteiger partial charge in [-0.05, 0) is 29.7 Å². The van der Waals surface area contributed by atoms with Crippen molar-refractivity contribution in [2.24, 2.45) is 12.8 Å². The second-order valence-electron chi connectivity index (χ2n) is 4.44. The maximum absolute atomic E-state index is 13.2. The van der Waals surface area contributed by atoms with Crippen molar-refractivity contribution >= 4 is 10.9 Å². The molecule has 0 saturated heterocycles. The molecular formula is C13H17FN2. The summed E-state index contributed by atoms with van der Waals surface area (Å²) < 4.78 is 15.2. The molecule has 0 spiro atoms. The van der Waals surface area contributed by atoms with Crippen LogP contribution in [0.15, 0.2) is 18.2 Å². The van der Waals surface area contributed by atoms with Crippen molar-refractivity contribution in [1.29, 1.82) is 0 Å². The summed E-state index contributed by atoms with van der Waals surface area (Å²) >= 11 is 0. The van der Waals surface area contributed by atoms with Crippen LogP contribution in [0.25, 0.3) is 10.9 Å². The monoisotopic (exact) mass is 220 g/mol. The molecule has 0 atom stereocenters. The highest BCUT2D eigenvalue weighted by Gasteiger charge is 2.16. The van der Waals surface area contributed by atoms with Gasteiger partial charge in [-0.3, -0.25) is 0 Å². The lowest BCUT2D eigenvalue weighted by molar-refractivity contribution is 0.628. The smallest absolute Gasteiger partial charge is 0.125 e. The SMILES string of the molecule is CC(C)c1c(CN)n(C)c2cc(F)ccc12. The first-order valence-corrected chi connectivity index (χ1v) is 5.53. The first kappa shape index (κ1) is 11.1. The van der Waals surface area contributed by atoms with Crippen LogP contribution in [0.1, 0.15) is 31.0 Å². The number of rotatable bonds is 2. The van der Waals surface area contributed by atoms with Crippen molar-refractivity contribution in [3.63, 3.8) is 0 Å². The summed E-state index contributed by atoms with van der Waals surface area (Å²) in [4.78, 5) is 0. The van der Waals surface area contributed by atoms with Crippen LogP contribution in [0.5, 0.6) is 0 Å². The van der Waals surface area contributed by atoms with Gasteiger partial charge in [0, 0.05) is 24.7 Å². The fourth-order valence-electron chi connectivity index (χ4n) is 2.38. The zero-order valence-corrected chi connectivity index (χ0v) is 9.92. The van der Waals surface area contributed by atoms with Gasteiger partial charge in [-0.1, -0.05) is 13.8 Å². The topological polar surface area (TPSA) is 30.9 Å². The van der Waals surface area contributed by atoms with Crippen molar-refractivity contribution in [3.05, 3.63) is 35.3 Å². The number of nitrogens with zero attached hydrogens (tertiary/aromatic N) is 1. The molecule has 0 aliphatic heterocycles. The van der Waals surface area contributed by atoms with E-state index in [1.54, 1.807) is 6.07 Å². The van der Waals surface area contributed by atoms with E-state index in [1.165, 1.54) is 11.6 Å². The van der Waals surface area contributed by atoms with Gasteiger partial charge in [-0.2, -0.15) is 0 Å². The Morgan fingerprint density at radius 3 is 2.62 bits per heavy atom. The quantitative estimate of drug-likeness (QED) is 0.829. The molecule has 2 rings (SSSR count). The van der Waals surface area contributed by atoms with E-state index < -0.39 is 0 Å². The third-order valence-electron chi connectivity index (χ3n) is 3.10. The van der Waals surface area contributed by atoms with E-state index in [9.17, 15) is 4.39 Å². The van der Waals surface area contributed by atoms with Crippen LogP contribution in [0.3, 0.4) is 0 Å². The van der Waals surface area contributed by atoms with Crippen LogP contribution >= 0.6 is 0 Å². The molecule has 0 radical (unpaired) electrons. The number of nitrogens with two attached hydrogens (primary N) is 1. The van der Waals surface area contributed by atoms with Crippen LogP contribution in [0, 0.1) is 5.82 Å². The predicted molar refractivity (Wildman–Crippen MR) is 64.9 cm³/mol. The lowest BCUT2D eigenvalue weighted by atomic mass is 9.99. The highest BCUT2D eigenvalue weighted by molar-refractivity contribution is 5.86. The summed E-state index contributed by atoms with van der Waals surface area (Å²) in [7, 11) is 1.94. The van der Waals surface area contributed by atoms with Crippen LogP contribution < -0.4 is 5.73 Å². The maximum Gasteiger partial charge on any atom is 0.125 e. The van der Waals surface area contributed by atoms with Gasteiger partial charge in [-0.15, -0.1) is 0 Å². The molecule has 0 saturated carbocycles. The summed E-state index contributed by atoms with van der Waals surface area (Å²) in [5, 5.41) is 1.11. The minimum absolute atomic E-state index is 0.202. The second-order valence-corrected chi connectivity index (χ2v) is 4.44. The molecule has 0 aliphatic carbocycles. The average molecular weight is 220 g/mol. The summed E-state index contributed by atoms with van der Waals surface area (Å²) in [5.41, 5.74) is 9.03. The first-order chi connectivity index (χ1) is 7.56. The molecule has 16 heavy (non-hydrogen) atoms. The number of hydrogen-bond donors (Lipinski definition) is 1. The van der Waals surface area contributed by atoms with Crippen molar-refractivity contribution in [3.8, 4) is 0 Å². The second kappa shape index (κ2) is 3.91. The summed E-state index contributed by atoms with van der Waals surface area (Å²) in [5.74, 6) is 0.194. The van der Waals surface area contributed by atoms with E-state index in [-0.39, 0.29) is 5.82 Å². The Labute approximate surface area is 94.9 Å². The highest BCUT2D eigenvalue weighted by atomic mass is 19.1. The zero-order chi connectivity index (χ0) is 11.9. The molecular weight excluding hydrogens is 203 g/mol. The molecule has 2 nitrogen and oxygen atoms in total. The molecule has 0 unspecified atom stereocenters. The standard InChI is InChI=1S/C13H17FN2/c1-8(2)13-10-5-4-9(14)6-11(10)16(3)12(13)7-15/h4-6,8H,7,15H2,1-3H3. The predicted octanol–water partition coefficient (Wildman–Crippen LogP) is 2.90. The van der Waals surface area contributed by atoms with Crippen molar-refractivity contribution < 1.29 is 4.39 Å². The normalized spacial score (nSPS) is 11.6. The molecule has 1 aromatic carbocycles. The summed E-state index contributed by atoms with van der Waals surface area (Å²) in [6.07, 6.45) is 0. The number of hydrogen-bond acceptors (Lipinski definition) is 1. The Morgan fingerprint density at radius 1 is 1.38 bits per heavy atom. The number of benzene rings is 1. The van der Waals surface area contributed by atoms with Gasteiger partial charge in [-0.25, -0.2) is 4.39 Å². The van der Waals surface area contributed by atoms with Crippen LogP contribution in [-0.2, 0) is 13.6 Å². The van der Waals surface area contributed by atoms with Gasteiger partial charge in [0.2, 0.25) is 0 Å². The number of halogens is 1. The first-order valence-electron chi connectivity index (χ1n) is 5.53. The fraction of sp³-hybridized carbons (Fsp3) is 0.385. The van der Waals surface area contributed by atoms with Gasteiger partial charge in [0.05, 0.1) is 5.52 Å². The minimum atomic E-state index is -0.202. The molecule has 1 heterocycles. The van der Waals surface area contributed by atoms with Gasteiger partial charge in [0.25, 0.3) is 0 Å². The maximum atomic E-state index is 13.2. The van der Waals surface area contributed by atoms with E-state index in [4.69, 9.17) is 5.73 Å². The molecule has 3 heteroatoms. The number of fused-ring (bicyclic) bond motifs is 1. The molecule has 0 amide bonds. The van der Waals surface area contributed by atoms with Crippen LogP contribution in [-0.4, -0.2) is 4.57 Å². The Morgan fingerprint density at radius 2 is 2.06 bits per heavy atom. The molecule has 2 N–H and O–H groups in total. The highest BCUT2D eigenvalue weighted by Crippen LogP contribution is 2.31. The van der Waals surface area contributed by atoms with E-state index in [1.807, 2.05) is 17.7 Å². The average Bonchev–Trinajstić information content (AvgIpc) is 2.51. The third-order valence-corrected chi connectivity index (χ3v) is 3.10. The largest absolute Gasteiger partial charge is 0.346 e. The van der Waals surface area contributed by atoms with E-state index >= 15 is 0 Å².